The van der Waals surface area contributed by atoms with Gasteiger partial charge >= 0.3 is 68.5 Å². The maximum atomic E-state index is 12.5. The minimum atomic E-state index is -4.33. The van der Waals surface area contributed by atoms with E-state index in [2.05, 4.69) is 62.1 Å². The van der Waals surface area contributed by atoms with Gasteiger partial charge in [0.2, 0.25) is 0 Å². The monoisotopic (exact) mass is 630 g/mol. The molecule has 4 rings (SSSR count). The molecule has 3 aromatic carbocycles. The molecule has 0 fully saturated rings. The summed E-state index contributed by atoms with van der Waals surface area (Å²) in [7, 11) is 0. The fourth-order valence-electron chi connectivity index (χ4n) is 2.97. The molecular weight excluding hydrogens is 607 g/mol. The molecule has 5 nitrogen and oxygen atoms in total. The molecule has 0 N–H and O–H groups in total. The van der Waals surface area contributed by atoms with Crippen molar-refractivity contribution in [3.8, 4) is 0 Å². The van der Waals surface area contributed by atoms with Gasteiger partial charge in [0.25, 0.3) is 0 Å². The Hall–Kier alpha value is -3.14. The van der Waals surface area contributed by atoms with Crippen LogP contribution < -0.4 is 0 Å². The van der Waals surface area contributed by atoms with Crippen molar-refractivity contribution in [3.63, 3.8) is 0 Å². The predicted molar refractivity (Wildman–Crippen MR) is 134 cm³/mol. The molecule has 0 saturated heterocycles. The van der Waals surface area contributed by atoms with Crippen molar-refractivity contribution < 1.29 is 65.9 Å². The molecule has 40 heavy (non-hydrogen) atoms. The molecule has 0 radical (unpaired) electrons. The molecule has 1 aliphatic carbocycles. The molecule has 0 spiro atoms. The van der Waals surface area contributed by atoms with Crippen LogP contribution in [0.5, 0.6) is 0 Å². The summed E-state index contributed by atoms with van der Waals surface area (Å²) in [5, 5.41) is 2.16. The van der Waals surface area contributed by atoms with E-state index in [1.807, 2.05) is 42.5 Å². The van der Waals surface area contributed by atoms with Crippen LogP contribution >= 0.6 is 0 Å². The second kappa shape index (κ2) is 28.9. The number of benzene rings is 3. The standard InChI is InChI=1S/C18H11F3N.C8H12.4CO.2Fe/c19-18(20,21)16-8-5-13(6-9-16)12-22-17-10-7-14-3-1-2-4-15(14)11-17;1-2-4-6-8-7-5-3-1;4*1-2;;/h1-11H;1-2,5,7H,3-4,6,8H2;;;;;;/q-1;;;;;;;+2/b;2-1-,7-5-;;;;;;. The molecule has 0 saturated carbocycles. The summed E-state index contributed by atoms with van der Waals surface area (Å²) in [6.45, 7) is 18.0. The fraction of sp³-hybridized carbons (Fsp3) is 0.167. The van der Waals surface area contributed by atoms with Gasteiger partial charge in [-0.3, -0.25) is 0 Å². The molecule has 0 amide bonds. The van der Waals surface area contributed by atoms with E-state index >= 15 is 0 Å². The summed E-state index contributed by atoms with van der Waals surface area (Å²) in [6.07, 6.45) is 12.4. The summed E-state index contributed by atoms with van der Waals surface area (Å²) < 4.78 is 67.4. The van der Waals surface area contributed by atoms with Crippen LogP contribution in [0.3, 0.4) is 0 Å². The van der Waals surface area contributed by atoms with Gasteiger partial charge in [0.1, 0.15) is 0 Å². The zero-order chi connectivity index (χ0) is 29.2. The van der Waals surface area contributed by atoms with Gasteiger partial charge in [-0.25, -0.2) is 0 Å². The minimum Gasteiger partial charge on any atom is 0 e. The van der Waals surface area contributed by atoms with Gasteiger partial charge in [-0.05, 0) is 48.4 Å². The van der Waals surface area contributed by atoms with Crippen molar-refractivity contribution in [3.05, 3.63) is 129 Å². The first kappa shape index (κ1) is 43.9. The van der Waals surface area contributed by atoms with Gasteiger partial charge in [0.15, 0.2) is 0 Å². The van der Waals surface area contributed by atoms with Gasteiger partial charge in [-0.1, -0.05) is 78.9 Å². The van der Waals surface area contributed by atoms with Crippen LogP contribution in [0.15, 0.2) is 96.0 Å². The van der Waals surface area contributed by atoms with Crippen LogP contribution in [0.25, 0.3) is 10.8 Å². The minimum absolute atomic E-state index is 0. The Morgan fingerprint density at radius 3 is 1.68 bits per heavy atom. The molecule has 3 aromatic rings. The Balaban J connectivity index is -0.000000304. The SMILES string of the molecule is C1=C\CCC/C=C\C/1.FC(F)(F)c1ccc([C-]=Nc2ccc3ccccc3c2)cc1.[C-]#[O+].[C-]#[O+].[C-]#[O+].[C-]#[O+].[Fe+2].[Fe]. The van der Waals surface area contributed by atoms with Crippen molar-refractivity contribution in [2.45, 2.75) is 31.9 Å². The van der Waals surface area contributed by atoms with Crippen LogP contribution in [-0.2, 0) is 58.9 Å². The normalized spacial score (nSPS) is 12.5. The second-order valence-corrected chi connectivity index (χ2v) is 6.94. The number of allylic oxidation sites excluding steroid dienone is 4. The van der Waals surface area contributed by atoms with Crippen LogP contribution in [-0.4, -0.2) is 6.21 Å². The van der Waals surface area contributed by atoms with Gasteiger partial charge in [-0.15, -0.1) is 17.7 Å². The van der Waals surface area contributed by atoms with Crippen molar-refractivity contribution in [1.82, 2.24) is 0 Å². The zero-order valence-electron chi connectivity index (χ0n) is 20.9. The molecule has 0 aromatic heterocycles. The van der Waals surface area contributed by atoms with E-state index in [9.17, 15) is 13.2 Å². The van der Waals surface area contributed by atoms with Gasteiger partial charge < -0.3 is 4.99 Å². The first-order valence-electron chi connectivity index (χ1n) is 10.8. The van der Waals surface area contributed by atoms with E-state index in [0.29, 0.717) is 11.3 Å². The molecule has 0 heterocycles. The molecule has 208 valence electrons. The predicted octanol–water partition coefficient (Wildman–Crippen LogP) is 8.00. The smallest absolute Gasteiger partial charge is 0 e. The average Bonchev–Trinajstić information content (AvgIpc) is 2.96. The fourth-order valence-corrected chi connectivity index (χ4v) is 2.97. The molecule has 0 aliphatic heterocycles. The van der Waals surface area contributed by atoms with E-state index in [4.69, 9.17) is 18.6 Å². The van der Waals surface area contributed by atoms with E-state index < -0.39 is 11.7 Å². The molecule has 0 atom stereocenters. The van der Waals surface area contributed by atoms with Crippen molar-refractivity contribution >= 4 is 22.7 Å². The third kappa shape index (κ3) is 19.0. The third-order valence-electron chi connectivity index (χ3n) is 4.61. The van der Waals surface area contributed by atoms with E-state index in [-0.39, 0.29) is 34.1 Å². The van der Waals surface area contributed by atoms with Crippen LogP contribution in [0.2, 0.25) is 0 Å². The number of nitrogens with zero attached hydrogens (tertiary/aromatic N) is 1. The maximum Gasteiger partial charge on any atom is 2.00 e. The Kier molecular flexibility index (Phi) is 31.7. The van der Waals surface area contributed by atoms with Crippen LogP contribution in [0.4, 0.5) is 18.9 Å². The number of hydrogen-bond donors (Lipinski definition) is 0. The summed E-state index contributed by atoms with van der Waals surface area (Å²) in [5.74, 6) is 0. The second-order valence-electron chi connectivity index (χ2n) is 6.94. The Labute approximate surface area is 253 Å². The van der Waals surface area contributed by atoms with Crippen molar-refractivity contribution in [2.75, 3.05) is 0 Å². The van der Waals surface area contributed by atoms with E-state index in [0.717, 1.165) is 29.3 Å². The van der Waals surface area contributed by atoms with Crippen molar-refractivity contribution in [1.29, 1.82) is 0 Å². The number of alkyl halides is 3. The number of fused-ring (bicyclic) bond motifs is 1. The number of rotatable bonds is 2. The third-order valence-corrected chi connectivity index (χ3v) is 4.61. The molecule has 0 bridgehead atoms. The molecular formula is C30H23F3Fe2NO4+. The Bertz CT molecular complexity index is 1190. The summed E-state index contributed by atoms with van der Waals surface area (Å²) in [6, 6.07) is 18.3. The largest absolute Gasteiger partial charge is 2.00 e. The number of hydrogen-bond acceptors (Lipinski definition) is 1. The molecule has 0 unspecified atom stereocenters. The zero-order valence-corrected chi connectivity index (χ0v) is 23.1. The summed E-state index contributed by atoms with van der Waals surface area (Å²) in [4.78, 5) is 4.19. The number of aliphatic imine (C=N–C) groups is 1. The van der Waals surface area contributed by atoms with Crippen molar-refractivity contribution in [2.24, 2.45) is 4.99 Å². The molecule has 10 heteroatoms. The first-order valence-corrected chi connectivity index (χ1v) is 10.8. The van der Waals surface area contributed by atoms with E-state index in [1.165, 1.54) is 31.4 Å². The van der Waals surface area contributed by atoms with Crippen LogP contribution in [0.1, 0.15) is 36.8 Å². The summed E-state index contributed by atoms with van der Waals surface area (Å²) in [5.41, 5.74) is 0.531. The molecule has 1 aliphatic rings. The topological polar surface area (TPSA) is 92.0 Å². The van der Waals surface area contributed by atoms with Gasteiger partial charge in [-0.2, -0.15) is 13.2 Å². The summed E-state index contributed by atoms with van der Waals surface area (Å²) >= 11 is 0. The van der Waals surface area contributed by atoms with Crippen LogP contribution in [0, 0.1) is 26.6 Å². The Morgan fingerprint density at radius 2 is 1.18 bits per heavy atom. The van der Waals surface area contributed by atoms with Gasteiger partial charge in [0.05, 0.1) is 0 Å². The maximum absolute atomic E-state index is 12.5. The number of halogens is 3. The quantitative estimate of drug-likeness (QED) is 0.0903. The Morgan fingerprint density at radius 1 is 0.675 bits per heavy atom. The average molecular weight is 630 g/mol. The van der Waals surface area contributed by atoms with E-state index in [1.54, 1.807) is 0 Å². The first-order chi connectivity index (χ1) is 18.5. The van der Waals surface area contributed by atoms with Gasteiger partial charge in [0, 0.05) is 22.6 Å².